The third kappa shape index (κ3) is 5.85. The summed E-state index contributed by atoms with van der Waals surface area (Å²) in [6, 6.07) is 6.24. The van der Waals surface area contributed by atoms with Crippen LogP contribution in [0.25, 0.3) is 0 Å². The maximum absolute atomic E-state index is 12.8. The molecule has 0 radical (unpaired) electrons. The van der Waals surface area contributed by atoms with Crippen LogP contribution in [-0.2, 0) is 17.8 Å². The van der Waals surface area contributed by atoms with Crippen LogP contribution in [0.1, 0.15) is 53.6 Å². The van der Waals surface area contributed by atoms with Gasteiger partial charge in [-0.1, -0.05) is 6.07 Å². The second-order valence-corrected chi connectivity index (χ2v) is 8.88. The Morgan fingerprint density at radius 2 is 2.03 bits per heavy atom. The van der Waals surface area contributed by atoms with Gasteiger partial charge in [0, 0.05) is 23.5 Å². The number of thiazole rings is 1. The molecular weight excluding hydrogens is 427 g/mol. The highest BCUT2D eigenvalue weighted by atomic mass is 35.5. The zero-order valence-corrected chi connectivity index (χ0v) is 19.2. The van der Waals surface area contributed by atoms with Gasteiger partial charge >= 0.3 is 0 Å². The molecule has 0 spiro atoms. The number of anilines is 1. The van der Waals surface area contributed by atoms with Crippen LogP contribution in [0.3, 0.4) is 0 Å². The number of benzene rings is 1. The van der Waals surface area contributed by atoms with Gasteiger partial charge in [-0.2, -0.15) is 0 Å². The summed E-state index contributed by atoms with van der Waals surface area (Å²) in [6.45, 7) is 4.87. The minimum Gasteiger partial charge on any atom is -0.399 e. The molecule has 1 aromatic heterocycles. The van der Waals surface area contributed by atoms with Crippen LogP contribution in [0.15, 0.2) is 23.6 Å². The number of hydrogen-bond acceptors (Lipinski definition) is 5. The van der Waals surface area contributed by atoms with E-state index in [-0.39, 0.29) is 42.7 Å². The molecule has 1 fully saturated rings. The summed E-state index contributed by atoms with van der Waals surface area (Å²) in [5.41, 5.74) is 10.4. The molecule has 3 N–H and O–H groups in total. The second-order valence-electron chi connectivity index (χ2n) is 7.82. The number of nitrogen functional groups attached to an aromatic ring is 1. The zero-order valence-electron chi connectivity index (χ0n) is 16.7. The molecule has 5 nitrogen and oxygen atoms in total. The molecule has 1 amide bonds. The molecule has 8 heteroatoms. The normalized spacial score (nSPS) is 19.6. The van der Waals surface area contributed by atoms with Crippen molar-refractivity contribution in [2.24, 2.45) is 5.92 Å². The first-order chi connectivity index (χ1) is 13.1. The molecular formula is C21H30Cl2N4OS. The van der Waals surface area contributed by atoms with E-state index in [0.717, 1.165) is 68.1 Å². The second kappa shape index (κ2) is 10.6. The van der Waals surface area contributed by atoms with Crippen molar-refractivity contribution in [2.75, 3.05) is 18.8 Å². The van der Waals surface area contributed by atoms with Gasteiger partial charge in [-0.15, -0.1) is 36.2 Å². The van der Waals surface area contributed by atoms with Crippen LogP contribution in [-0.4, -0.2) is 28.9 Å². The summed E-state index contributed by atoms with van der Waals surface area (Å²) in [7, 11) is 0. The molecule has 2 aromatic rings. The predicted molar refractivity (Wildman–Crippen MR) is 124 cm³/mol. The fraction of sp³-hybridized carbons (Fsp3) is 0.524. The predicted octanol–water partition coefficient (Wildman–Crippen LogP) is 4.28. The molecule has 1 aromatic carbocycles. The average Bonchev–Trinajstić information content (AvgIpc) is 3.07. The van der Waals surface area contributed by atoms with Gasteiger partial charge in [0.05, 0.1) is 16.7 Å². The number of fused-ring (bicyclic) bond motifs is 1. The molecule has 2 heterocycles. The minimum absolute atomic E-state index is 0. The van der Waals surface area contributed by atoms with Gasteiger partial charge in [-0.25, -0.2) is 4.98 Å². The number of nitrogens with two attached hydrogens (primary N) is 1. The van der Waals surface area contributed by atoms with E-state index in [1.54, 1.807) is 11.3 Å². The van der Waals surface area contributed by atoms with E-state index in [9.17, 15) is 4.79 Å². The maximum atomic E-state index is 12.8. The monoisotopic (exact) mass is 456 g/mol. The third-order valence-corrected chi connectivity index (χ3v) is 6.63. The van der Waals surface area contributed by atoms with Crippen molar-refractivity contribution < 1.29 is 4.79 Å². The Bertz CT molecular complexity index is 821. The number of amides is 1. The number of piperidine rings is 1. The smallest absolute Gasteiger partial charge is 0.223 e. The van der Waals surface area contributed by atoms with Crippen molar-refractivity contribution in [3.8, 4) is 0 Å². The van der Waals surface area contributed by atoms with E-state index in [1.807, 2.05) is 13.0 Å². The van der Waals surface area contributed by atoms with Crippen LogP contribution in [0.5, 0.6) is 0 Å². The van der Waals surface area contributed by atoms with Gasteiger partial charge < -0.3 is 11.1 Å². The molecule has 1 unspecified atom stereocenters. The van der Waals surface area contributed by atoms with Crippen LogP contribution in [0.2, 0.25) is 0 Å². The lowest BCUT2D eigenvalue weighted by Gasteiger charge is -2.33. The molecule has 160 valence electrons. The number of nitrogens with one attached hydrogen (secondary N) is 1. The molecule has 2 aliphatic rings. The van der Waals surface area contributed by atoms with Gasteiger partial charge in [0.2, 0.25) is 5.91 Å². The fourth-order valence-corrected chi connectivity index (χ4v) is 4.94. The number of hydrogen-bond donors (Lipinski definition) is 2. The molecule has 0 bridgehead atoms. The Morgan fingerprint density at radius 3 is 2.72 bits per heavy atom. The highest BCUT2D eigenvalue weighted by Crippen LogP contribution is 2.31. The Labute approximate surface area is 189 Å². The lowest BCUT2D eigenvalue weighted by molar-refractivity contribution is -0.127. The van der Waals surface area contributed by atoms with Crippen molar-refractivity contribution in [1.82, 2.24) is 15.2 Å². The van der Waals surface area contributed by atoms with Gasteiger partial charge in [0.25, 0.3) is 0 Å². The maximum Gasteiger partial charge on any atom is 0.223 e. The van der Waals surface area contributed by atoms with Gasteiger partial charge in [0.1, 0.15) is 0 Å². The quantitative estimate of drug-likeness (QED) is 0.673. The zero-order chi connectivity index (χ0) is 18.8. The van der Waals surface area contributed by atoms with Gasteiger partial charge in [-0.05, 0) is 75.4 Å². The largest absolute Gasteiger partial charge is 0.399 e. The highest BCUT2D eigenvalue weighted by Gasteiger charge is 2.28. The summed E-state index contributed by atoms with van der Waals surface area (Å²) < 4.78 is 0. The van der Waals surface area contributed by atoms with Crippen LogP contribution in [0.4, 0.5) is 5.69 Å². The first kappa shape index (κ1) is 23.9. The number of aromatic nitrogens is 1. The van der Waals surface area contributed by atoms with Crippen molar-refractivity contribution in [3.05, 3.63) is 45.4 Å². The minimum atomic E-state index is 0. The number of halogens is 2. The standard InChI is InChI=1S/C21H28N4OS.2ClH/c1-14-23-18(13-27-14)12-25-9-7-15(8-10-25)21(26)24-20-4-2-3-16-11-17(22)5-6-19(16)20;;/h5-6,11,13,15,20H,2-4,7-10,12,22H2,1H3,(H,24,26);2*1H. The van der Waals surface area contributed by atoms with Crippen molar-refractivity contribution in [1.29, 1.82) is 0 Å². The van der Waals surface area contributed by atoms with Crippen molar-refractivity contribution in [3.63, 3.8) is 0 Å². The number of nitrogens with zero attached hydrogens (tertiary/aromatic N) is 2. The summed E-state index contributed by atoms with van der Waals surface area (Å²) in [5, 5.41) is 6.58. The van der Waals surface area contributed by atoms with Crippen molar-refractivity contribution >= 4 is 47.7 Å². The van der Waals surface area contributed by atoms with E-state index in [1.165, 1.54) is 11.1 Å². The number of carbonyl (C=O) groups excluding carboxylic acids is 1. The fourth-order valence-electron chi connectivity index (χ4n) is 4.34. The highest BCUT2D eigenvalue weighted by molar-refractivity contribution is 7.09. The van der Waals surface area contributed by atoms with Gasteiger partial charge in [-0.3, -0.25) is 9.69 Å². The van der Waals surface area contributed by atoms with Crippen LogP contribution >= 0.6 is 36.2 Å². The molecule has 29 heavy (non-hydrogen) atoms. The molecule has 4 rings (SSSR count). The van der Waals surface area contributed by atoms with E-state index in [2.05, 4.69) is 32.7 Å². The third-order valence-electron chi connectivity index (χ3n) is 5.81. The summed E-state index contributed by atoms with van der Waals surface area (Å²) >= 11 is 1.70. The van der Waals surface area contributed by atoms with E-state index in [0.29, 0.717) is 0 Å². The Morgan fingerprint density at radius 1 is 1.28 bits per heavy atom. The van der Waals surface area contributed by atoms with E-state index in [4.69, 9.17) is 5.73 Å². The van der Waals surface area contributed by atoms with Crippen LogP contribution in [0, 0.1) is 12.8 Å². The molecule has 1 aliphatic carbocycles. The van der Waals surface area contributed by atoms with Crippen LogP contribution < -0.4 is 11.1 Å². The molecule has 1 aliphatic heterocycles. The number of rotatable bonds is 4. The lowest BCUT2D eigenvalue weighted by atomic mass is 9.86. The first-order valence-electron chi connectivity index (χ1n) is 9.90. The summed E-state index contributed by atoms with van der Waals surface area (Å²) in [5.74, 6) is 0.339. The molecule has 1 atom stereocenters. The SMILES string of the molecule is Cc1nc(CN2CCC(C(=O)NC3CCCc4cc(N)ccc43)CC2)cs1.Cl.Cl. The summed E-state index contributed by atoms with van der Waals surface area (Å²) in [6.07, 6.45) is 5.03. The average molecular weight is 457 g/mol. The van der Waals surface area contributed by atoms with E-state index < -0.39 is 0 Å². The Hall–Kier alpha value is -1.34. The van der Waals surface area contributed by atoms with Gasteiger partial charge in [0.15, 0.2) is 0 Å². The number of aryl methyl sites for hydroxylation is 2. The molecule has 1 saturated heterocycles. The van der Waals surface area contributed by atoms with Crippen molar-refractivity contribution in [2.45, 2.75) is 51.6 Å². The lowest BCUT2D eigenvalue weighted by Crippen LogP contribution is -2.41. The number of likely N-dealkylation sites (tertiary alicyclic amines) is 1. The first-order valence-corrected chi connectivity index (χ1v) is 10.8. The number of carbonyl (C=O) groups is 1. The molecule has 0 saturated carbocycles. The topological polar surface area (TPSA) is 71.2 Å². The Balaban J connectivity index is 0.00000150. The summed E-state index contributed by atoms with van der Waals surface area (Å²) in [4.78, 5) is 19.8. The van der Waals surface area contributed by atoms with E-state index >= 15 is 0 Å². The Kier molecular flexibility index (Phi) is 8.76.